The highest BCUT2D eigenvalue weighted by Crippen LogP contribution is 2.31. The highest BCUT2D eigenvalue weighted by atomic mass is 32.2. The fourth-order valence-corrected chi connectivity index (χ4v) is 4.33. The van der Waals surface area contributed by atoms with Crippen molar-refractivity contribution in [2.75, 3.05) is 46.3 Å². The quantitative estimate of drug-likeness (QED) is 0.645. The van der Waals surface area contributed by atoms with Crippen LogP contribution in [0, 0.1) is 0 Å². The smallest absolute Gasteiger partial charge is 0.280 e. The maximum absolute atomic E-state index is 12.8. The van der Waals surface area contributed by atoms with Crippen LogP contribution in [0.1, 0.15) is 30.0 Å². The molecule has 1 aromatic rings. The van der Waals surface area contributed by atoms with Crippen molar-refractivity contribution in [3.8, 4) is 0 Å². The fourth-order valence-electron chi connectivity index (χ4n) is 2.95. The first-order valence-corrected chi connectivity index (χ1v) is 9.55. The highest BCUT2D eigenvalue weighted by Gasteiger charge is 2.28. The summed E-state index contributed by atoms with van der Waals surface area (Å²) in [6, 6.07) is 5.45. The van der Waals surface area contributed by atoms with Crippen molar-refractivity contribution in [3.05, 3.63) is 29.3 Å². The molecule has 1 aliphatic carbocycles. The Morgan fingerprint density at radius 3 is 2.54 bits per heavy atom. The van der Waals surface area contributed by atoms with Crippen molar-refractivity contribution in [3.63, 3.8) is 0 Å². The van der Waals surface area contributed by atoms with Gasteiger partial charge in [0.1, 0.15) is 0 Å². The standard InChI is InChI=1S/C16H27N3O4S/c1-22-10-8-19(9-11-23-2)24(20,21)18-16-5-3-4-13-12-14(17)6-7-15(13)16/h6-7,12,16,18H,3-5,8-11,17H2,1-2H3. The summed E-state index contributed by atoms with van der Waals surface area (Å²) >= 11 is 0. The summed E-state index contributed by atoms with van der Waals surface area (Å²) in [6.45, 7) is 1.25. The van der Waals surface area contributed by atoms with Crippen molar-refractivity contribution < 1.29 is 17.9 Å². The van der Waals surface area contributed by atoms with Crippen molar-refractivity contribution in [2.24, 2.45) is 0 Å². The second-order valence-corrected chi connectivity index (χ2v) is 7.61. The zero-order valence-electron chi connectivity index (χ0n) is 14.3. The Hall–Kier alpha value is -1.19. The van der Waals surface area contributed by atoms with E-state index in [1.807, 2.05) is 18.2 Å². The molecule has 0 fully saturated rings. The van der Waals surface area contributed by atoms with E-state index in [4.69, 9.17) is 15.2 Å². The molecule has 0 saturated carbocycles. The number of aryl methyl sites for hydroxylation is 1. The van der Waals surface area contributed by atoms with Gasteiger partial charge < -0.3 is 15.2 Å². The van der Waals surface area contributed by atoms with Crippen molar-refractivity contribution >= 4 is 15.9 Å². The number of fused-ring (bicyclic) bond motifs is 1. The van der Waals surface area contributed by atoms with Gasteiger partial charge in [-0.15, -0.1) is 0 Å². The summed E-state index contributed by atoms with van der Waals surface area (Å²) < 4.78 is 39.8. The molecule has 0 aromatic heterocycles. The van der Waals surface area contributed by atoms with Crippen molar-refractivity contribution in [1.29, 1.82) is 0 Å². The van der Waals surface area contributed by atoms with Crippen LogP contribution in [0.3, 0.4) is 0 Å². The molecule has 1 unspecified atom stereocenters. The van der Waals surface area contributed by atoms with Crippen LogP contribution in [-0.2, 0) is 26.1 Å². The number of ether oxygens (including phenoxy) is 2. The average molecular weight is 357 g/mol. The maximum atomic E-state index is 12.8. The number of nitrogens with two attached hydrogens (primary N) is 1. The molecule has 1 aromatic carbocycles. The number of nitrogens with one attached hydrogen (secondary N) is 1. The van der Waals surface area contributed by atoms with Gasteiger partial charge in [-0.2, -0.15) is 17.4 Å². The van der Waals surface area contributed by atoms with Crippen LogP contribution in [0.25, 0.3) is 0 Å². The van der Waals surface area contributed by atoms with E-state index >= 15 is 0 Å². The predicted octanol–water partition coefficient (Wildman–Crippen LogP) is 1.08. The number of hydrogen-bond donors (Lipinski definition) is 2. The van der Waals surface area contributed by atoms with Gasteiger partial charge in [0.25, 0.3) is 10.2 Å². The number of nitrogens with zero attached hydrogens (tertiary/aromatic N) is 1. The molecule has 24 heavy (non-hydrogen) atoms. The van der Waals surface area contributed by atoms with Crippen LogP contribution in [0.15, 0.2) is 18.2 Å². The molecule has 7 nitrogen and oxygen atoms in total. The first-order chi connectivity index (χ1) is 11.5. The van der Waals surface area contributed by atoms with E-state index in [1.54, 1.807) is 14.2 Å². The number of nitrogen functional groups attached to an aromatic ring is 1. The van der Waals surface area contributed by atoms with Crippen LogP contribution < -0.4 is 10.5 Å². The number of rotatable bonds is 9. The summed E-state index contributed by atoms with van der Waals surface area (Å²) in [4.78, 5) is 0. The molecular weight excluding hydrogens is 330 g/mol. The van der Waals surface area contributed by atoms with Gasteiger partial charge in [-0.3, -0.25) is 0 Å². The van der Waals surface area contributed by atoms with Gasteiger partial charge in [-0.25, -0.2) is 0 Å². The van der Waals surface area contributed by atoms with Crippen molar-refractivity contribution in [2.45, 2.75) is 25.3 Å². The lowest BCUT2D eigenvalue weighted by molar-refractivity contribution is 0.149. The van der Waals surface area contributed by atoms with E-state index in [0.717, 1.165) is 30.4 Å². The Morgan fingerprint density at radius 2 is 1.92 bits per heavy atom. The Morgan fingerprint density at radius 1 is 1.25 bits per heavy atom. The molecule has 2 rings (SSSR count). The Balaban J connectivity index is 2.15. The van der Waals surface area contributed by atoms with Gasteiger partial charge in [0, 0.05) is 39.0 Å². The minimum absolute atomic E-state index is 0.230. The maximum Gasteiger partial charge on any atom is 0.280 e. The molecule has 1 aliphatic rings. The van der Waals surface area contributed by atoms with Gasteiger partial charge >= 0.3 is 0 Å². The molecule has 0 radical (unpaired) electrons. The normalized spacial score (nSPS) is 17.9. The van der Waals surface area contributed by atoms with Gasteiger partial charge in [-0.1, -0.05) is 6.07 Å². The van der Waals surface area contributed by atoms with E-state index < -0.39 is 10.2 Å². The molecule has 0 heterocycles. The van der Waals surface area contributed by atoms with Crippen LogP contribution in [0.2, 0.25) is 0 Å². The van der Waals surface area contributed by atoms with Gasteiger partial charge in [0.2, 0.25) is 0 Å². The summed E-state index contributed by atoms with van der Waals surface area (Å²) in [5, 5.41) is 0. The van der Waals surface area contributed by atoms with E-state index in [1.165, 1.54) is 4.31 Å². The second-order valence-electron chi connectivity index (χ2n) is 5.91. The summed E-state index contributed by atoms with van der Waals surface area (Å²) in [5.41, 5.74) is 8.68. The summed E-state index contributed by atoms with van der Waals surface area (Å²) in [5.74, 6) is 0. The topological polar surface area (TPSA) is 93.9 Å². The van der Waals surface area contributed by atoms with Crippen molar-refractivity contribution in [1.82, 2.24) is 9.03 Å². The third kappa shape index (κ3) is 4.90. The Labute approximate surface area is 144 Å². The van der Waals surface area contributed by atoms with E-state index in [9.17, 15) is 8.42 Å². The average Bonchev–Trinajstić information content (AvgIpc) is 2.54. The van der Waals surface area contributed by atoms with E-state index in [0.29, 0.717) is 18.9 Å². The van der Waals surface area contributed by atoms with Gasteiger partial charge in [0.15, 0.2) is 0 Å². The van der Waals surface area contributed by atoms with Crippen LogP contribution in [0.5, 0.6) is 0 Å². The highest BCUT2D eigenvalue weighted by molar-refractivity contribution is 7.87. The summed E-state index contributed by atoms with van der Waals surface area (Å²) in [7, 11) is -0.523. The van der Waals surface area contributed by atoms with Crippen LogP contribution in [0.4, 0.5) is 5.69 Å². The molecule has 0 spiro atoms. The number of methoxy groups -OCH3 is 2. The zero-order chi connectivity index (χ0) is 17.6. The minimum atomic E-state index is -3.63. The molecular formula is C16H27N3O4S. The Kier molecular flexibility index (Phi) is 7.00. The molecule has 0 bridgehead atoms. The molecule has 3 N–H and O–H groups in total. The first kappa shape index (κ1) is 19.1. The first-order valence-electron chi connectivity index (χ1n) is 8.11. The molecule has 0 amide bonds. The van der Waals surface area contributed by atoms with Crippen LogP contribution >= 0.6 is 0 Å². The summed E-state index contributed by atoms with van der Waals surface area (Å²) in [6.07, 6.45) is 2.63. The third-order valence-corrected chi connectivity index (χ3v) is 5.83. The fraction of sp³-hybridized carbons (Fsp3) is 0.625. The molecule has 8 heteroatoms. The molecule has 136 valence electrons. The monoisotopic (exact) mass is 357 g/mol. The number of benzene rings is 1. The SMILES string of the molecule is COCCN(CCOC)S(=O)(=O)NC1CCCc2cc(N)ccc21. The minimum Gasteiger partial charge on any atom is -0.399 e. The lowest BCUT2D eigenvalue weighted by Crippen LogP contribution is -2.45. The van der Waals surface area contributed by atoms with E-state index in [-0.39, 0.29) is 19.1 Å². The molecule has 1 atom stereocenters. The van der Waals surface area contributed by atoms with E-state index in [2.05, 4.69) is 4.72 Å². The predicted molar refractivity (Wildman–Crippen MR) is 93.9 cm³/mol. The molecule has 0 aliphatic heterocycles. The largest absolute Gasteiger partial charge is 0.399 e. The Bertz CT molecular complexity index is 628. The molecule has 0 saturated heterocycles. The van der Waals surface area contributed by atoms with Gasteiger partial charge in [0.05, 0.1) is 13.2 Å². The second kappa shape index (κ2) is 8.77. The van der Waals surface area contributed by atoms with Crippen LogP contribution in [-0.4, -0.2) is 53.2 Å². The lowest BCUT2D eigenvalue weighted by atomic mass is 9.88. The number of hydrogen-bond acceptors (Lipinski definition) is 5. The van der Waals surface area contributed by atoms with Gasteiger partial charge in [-0.05, 0) is 42.5 Å². The lowest BCUT2D eigenvalue weighted by Gasteiger charge is -2.29. The zero-order valence-corrected chi connectivity index (χ0v) is 15.1. The third-order valence-electron chi connectivity index (χ3n) is 4.20. The number of anilines is 1.